The van der Waals surface area contributed by atoms with Gasteiger partial charge in [-0.3, -0.25) is 9.20 Å². The van der Waals surface area contributed by atoms with Gasteiger partial charge in [-0.25, -0.2) is 10.4 Å². The minimum Gasteiger partial charge on any atom is -0.490 e. The SMILES string of the molecule is C=CCOc1cccc(/C=N/NC(=O)c2c(C)nc3ccc(Cl)cn23)c1. The molecule has 1 aromatic carbocycles. The Morgan fingerprint density at radius 2 is 2.27 bits per heavy atom. The van der Waals surface area contributed by atoms with Crippen molar-refractivity contribution in [2.24, 2.45) is 5.10 Å². The van der Waals surface area contributed by atoms with Crippen molar-refractivity contribution in [2.75, 3.05) is 6.61 Å². The molecule has 0 spiro atoms. The summed E-state index contributed by atoms with van der Waals surface area (Å²) in [6.45, 7) is 5.80. The normalized spacial score (nSPS) is 11.0. The molecule has 2 heterocycles. The van der Waals surface area contributed by atoms with Crippen molar-refractivity contribution >= 4 is 29.4 Å². The lowest BCUT2D eigenvalue weighted by molar-refractivity contribution is 0.0948. The number of rotatable bonds is 6. The molecular weight excluding hydrogens is 352 g/mol. The van der Waals surface area contributed by atoms with Gasteiger partial charge < -0.3 is 4.74 Å². The van der Waals surface area contributed by atoms with Crippen molar-refractivity contribution in [3.8, 4) is 5.75 Å². The number of nitrogens with one attached hydrogen (secondary N) is 1. The molecule has 1 N–H and O–H groups in total. The van der Waals surface area contributed by atoms with E-state index in [9.17, 15) is 4.79 Å². The fourth-order valence-corrected chi connectivity index (χ4v) is 2.63. The Balaban J connectivity index is 1.75. The Morgan fingerprint density at radius 1 is 1.42 bits per heavy atom. The van der Waals surface area contributed by atoms with Crippen molar-refractivity contribution in [1.29, 1.82) is 0 Å². The molecule has 0 aliphatic heterocycles. The predicted molar refractivity (Wildman–Crippen MR) is 102 cm³/mol. The second-order valence-corrected chi connectivity index (χ2v) is 5.93. The number of carbonyl (C=O) groups is 1. The standard InChI is InChI=1S/C19H17ClN4O2/c1-3-9-26-16-6-4-5-14(10-16)11-21-23-19(25)18-13(2)22-17-8-7-15(20)12-24(17)18/h3-8,10-12H,1,9H2,2H3,(H,23,25)/b21-11+. The molecule has 0 unspecified atom stereocenters. The number of hydrazone groups is 1. The molecule has 0 saturated heterocycles. The summed E-state index contributed by atoms with van der Waals surface area (Å²) < 4.78 is 7.11. The topological polar surface area (TPSA) is 68.0 Å². The first kappa shape index (κ1) is 17.7. The van der Waals surface area contributed by atoms with E-state index in [0.717, 1.165) is 5.56 Å². The molecular formula is C19H17ClN4O2. The zero-order valence-corrected chi connectivity index (χ0v) is 14.9. The van der Waals surface area contributed by atoms with Crippen molar-refractivity contribution in [2.45, 2.75) is 6.92 Å². The molecule has 0 radical (unpaired) electrons. The van der Waals surface area contributed by atoms with Crippen LogP contribution >= 0.6 is 11.6 Å². The number of aromatic nitrogens is 2. The quantitative estimate of drug-likeness (QED) is 0.410. The van der Waals surface area contributed by atoms with Crippen LogP contribution in [0.1, 0.15) is 21.7 Å². The first-order chi connectivity index (χ1) is 12.6. The Morgan fingerprint density at radius 3 is 3.08 bits per heavy atom. The number of amides is 1. The van der Waals surface area contributed by atoms with Crippen LogP contribution in [0.3, 0.4) is 0 Å². The molecule has 0 saturated carbocycles. The second-order valence-electron chi connectivity index (χ2n) is 5.49. The van der Waals surface area contributed by atoms with Gasteiger partial charge >= 0.3 is 0 Å². The van der Waals surface area contributed by atoms with Crippen molar-refractivity contribution < 1.29 is 9.53 Å². The van der Waals surface area contributed by atoms with Crippen LogP contribution in [0.25, 0.3) is 5.65 Å². The molecule has 0 fully saturated rings. The molecule has 1 amide bonds. The average Bonchev–Trinajstić information content (AvgIpc) is 2.95. The van der Waals surface area contributed by atoms with Crippen molar-refractivity contribution in [3.63, 3.8) is 0 Å². The number of carbonyl (C=O) groups excluding carboxylic acids is 1. The molecule has 2 aromatic heterocycles. The van der Waals surface area contributed by atoms with Gasteiger partial charge in [-0.2, -0.15) is 5.10 Å². The first-order valence-corrected chi connectivity index (χ1v) is 8.27. The zero-order valence-electron chi connectivity index (χ0n) is 14.1. The third-order valence-electron chi connectivity index (χ3n) is 3.58. The van der Waals surface area contributed by atoms with Gasteiger partial charge in [0, 0.05) is 6.20 Å². The number of fused-ring (bicyclic) bond motifs is 1. The highest BCUT2D eigenvalue weighted by Gasteiger charge is 2.16. The zero-order chi connectivity index (χ0) is 18.5. The van der Waals surface area contributed by atoms with Gasteiger partial charge in [0.05, 0.1) is 16.9 Å². The summed E-state index contributed by atoms with van der Waals surface area (Å²) in [6, 6.07) is 10.8. The molecule has 26 heavy (non-hydrogen) atoms. The Bertz CT molecular complexity index is 994. The number of hydrogen-bond donors (Lipinski definition) is 1. The fraction of sp³-hybridized carbons (Fsp3) is 0.105. The lowest BCUT2D eigenvalue weighted by Crippen LogP contribution is -2.20. The maximum Gasteiger partial charge on any atom is 0.290 e. The summed E-state index contributed by atoms with van der Waals surface area (Å²) >= 11 is 6.01. The molecule has 132 valence electrons. The number of pyridine rings is 1. The molecule has 0 aliphatic rings. The van der Waals surface area contributed by atoms with Gasteiger partial charge in [-0.15, -0.1) is 0 Å². The lowest BCUT2D eigenvalue weighted by Gasteiger charge is -2.04. The van der Waals surface area contributed by atoms with E-state index < -0.39 is 0 Å². The third kappa shape index (κ3) is 3.92. The van der Waals surface area contributed by atoms with E-state index in [1.807, 2.05) is 24.3 Å². The lowest BCUT2D eigenvalue weighted by atomic mass is 10.2. The summed E-state index contributed by atoms with van der Waals surface area (Å²) in [5.41, 5.74) is 4.95. The molecule has 3 aromatic rings. The number of nitrogens with zero attached hydrogens (tertiary/aromatic N) is 3. The van der Waals surface area contributed by atoms with Gasteiger partial charge in [0.15, 0.2) is 0 Å². The molecule has 0 bridgehead atoms. The van der Waals surface area contributed by atoms with E-state index >= 15 is 0 Å². The molecule has 6 nitrogen and oxygen atoms in total. The molecule has 0 atom stereocenters. The van der Waals surface area contributed by atoms with Crippen LogP contribution in [0.2, 0.25) is 5.02 Å². The summed E-state index contributed by atoms with van der Waals surface area (Å²) in [5.74, 6) is 0.333. The van der Waals surface area contributed by atoms with Gasteiger partial charge in [0.25, 0.3) is 5.91 Å². The van der Waals surface area contributed by atoms with E-state index in [4.69, 9.17) is 16.3 Å². The van der Waals surface area contributed by atoms with Crippen LogP contribution in [-0.2, 0) is 0 Å². The van der Waals surface area contributed by atoms with Gasteiger partial charge in [-0.1, -0.05) is 36.4 Å². The van der Waals surface area contributed by atoms with Gasteiger partial charge in [0.2, 0.25) is 0 Å². The van der Waals surface area contributed by atoms with Crippen LogP contribution in [0.4, 0.5) is 0 Å². The highest BCUT2D eigenvalue weighted by molar-refractivity contribution is 6.30. The van der Waals surface area contributed by atoms with E-state index in [1.54, 1.807) is 41.9 Å². The summed E-state index contributed by atoms with van der Waals surface area (Å²) in [6.07, 6.45) is 4.87. The number of benzene rings is 1. The minimum atomic E-state index is -0.368. The number of ether oxygens (including phenoxy) is 1. The average molecular weight is 369 g/mol. The maximum absolute atomic E-state index is 12.5. The maximum atomic E-state index is 12.5. The molecule has 3 rings (SSSR count). The highest BCUT2D eigenvalue weighted by atomic mass is 35.5. The van der Waals surface area contributed by atoms with E-state index in [-0.39, 0.29) is 5.91 Å². The predicted octanol–water partition coefficient (Wildman–Crippen LogP) is 3.62. The van der Waals surface area contributed by atoms with Crippen molar-refractivity contribution in [3.05, 3.63) is 77.2 Å². The van der Waals surface area contributed by atoms with Crippen LogP contribution in [-0.4, -0.2) is 28.1 Å². The third-order valence-corrected chi connectivity index (χ3v) is 3.80. The van der Waals surface area contributed by atoms with Crippen LogP contribution in [0.15, 0.2) is 60.4 Å². The number of halogens is 1. The Kier molecular flexibility index (Phi) is 5.34. The van der Waals surface area contributed by atoms with Crippen LogP contribution in [0.5, 0.6) is 5.75 Å². The van der Waals surface area contributed by atoms with E-state index in [2.05, 4.69) is 22.1 Å². The van der Waals surface area contributed by atoms with Crippen LogP contribution in [0, 0.1) is 6.92 Å². The summed E-state index contributed by atoms with van der Waals surface area (Å²) in [5, 5.41) is 4.53. The summed E-state index contributed by atoms with van der Waals surface area (Å²) in [4.78, 5) is 16.8. The van der Waals surface area contributed by atoms with E-state index in [1.165, 1.54) is 0 Å². The first-order valence-electron chi connectivity index (χ1n) is 7.90. The fourth-order valence-electron chi connectivity index (χ4n) is 2.47. The minimum absolute atomic E-state index is 0.368. The Labute approximate surface area is 155 Å². The van der Waals surface area contributed by atoms with Crippen molar-refractivity contribution in [1.82, 2.24) is 14.8 Å². The monoisotopic (exact) mass is 368 g/mol. The number of imidazole rings is 1. The highest BCUT2D eigenvalue weighted by Crippen LogP contribution is 2.16. The Hall–Kier alpha value is -3.12. The summed E-state index contributed by atoms with van der Waals surface area (Å²) in [7, 11) is 0. The molecule has 7 heteroatoms. The van der Waals surface area contributed by atoms with Gasteiger partial charge in [-0.05, 0) is 36.8 Å². The largest absolute Gasteiger partial charge is 0.490 e. The molecule has 0 aliphatic carbocycles. The van der Waals surface area contributed by atoms with E-state index in [0.29, 0.717) is 34.4 Å². The second kappa shape index (κ2) is 7.84. The van der Waals surface area contributed by atoms with Gasteiger partial charge in [0.1, 0.15) is 23.7 Å². The number of hydrogen-bond acceptors (Lipinski definition) is 4. The smallest absolute Gasteiger partial charge is 0.290 e. The number of aryl methyl sites for hydroxylation is 1. The van der Waals surface area contributed by atoms with Crippen LogP contribution < -0.4 is 10.2 Å².